The Labute approximate surface area is 106 Å². The van der Waals surface area contributed by atoms with Crippen LogP contribution in [0.25, 0.3) is 0 Å². The van der Waals surface area contributed by atoms with E-state index in [0.29, 0.717) is 6.04 Å². The van der Waals surface area contributed by atoms with Gasteiger partial charge in [0, 0.05) is 31.4 Å². The van der Waals surface area contributed by atoms with Crippen molar-refractivity contribution < 1.29 is 0 Å². The van der Waals surface area contributed by atoms with Crippen LogP contribution in [0.15, 0.2) is 12.4 Å². The number of nitrogens with one attached hydrogen (secondary N) is 1. The van der Waals surface area contributed by atoms with Crippen LogP contribution in [0.2, 0.25) is 0 Å². The van der Waals surface area contributed by atoms with E-state index in [4.69, 9.17) is 0 Å². The van der Waals surface area contributed by atoms with Crippen LogP contribution in [0.1, 0.15) is 45.9 Å². The Bertz CT molecular complexity index is 304. The average molecular weight is 237 g/mol. The van der Waals surface area contributed by atoms with Gasteiger partial charge in [-0.2, -0.15) is 0 Å². The van der Waals surface area contributed by atoms with E-state index in [1.54, 1.807) is 0 Å². The zero-order chi connectivity index (χ0) is 12.7. The SMILES string of the molecule is CCCn1ccnc1CC(CCC(C)C)NC. The predicted octanol–water partition coefficient (Wildman–Crippen LogP) is 2.86. The number of imidazole rings is 1. The van der Waals surface area contributed by atoms with Gasteiger partial charge in [0.1, 0.15) is 5.82 Å². The van der Waals surface area contributed by atoms with E-state index in [0.717, 1.165) is 18.9 Å². The third-order valence-corrected chi connectivity index (χ3v) is 3.20. The van der Waals surface area contributed by atoms with Crippen LogP contribution in [0, 0.1) is 5.92 Å². The molecule has 3 heteroatoms. The average Bonchev–Trinajstić information content (AvgIpc) is 2.72. The molecule has 1 aromatic rings. The number of rotatable bonds is 8. The summed E-state index contributed by atoms with van der Waals surface area (Å²) in [7, 11) is 2.05. The minimum atomic E-state index is 0.551. The van der Waals surface area contributed by atoms with Crippen LogP contribution in [0.3, 0.4) is 0 Å². The molecule has 1 unspecified atom stereocenters. The molecule has 1 atom stereocenters. The fourth-order valence-corrected chi connectivity index (χ4v) is 2.08. The molecule has 1 aromatic heterocycles. The lowest BCUT2D eigenvalue weighted by Crippen LogP contribution is -2.29. The van der Waals surface area contributed by atoms with E-state index in [2.05, 4.69) is 48.9 Å². The first-order chi connectivity index (χ1) is 8.17. The molecule has 98 valence electrons. The van der Waals surface area contributed by atoms with Gasteiger partial charge < -0.3 is 9.88 Å². The van der Waals surface area contributed by atoms with Gasteiger partial charge in [0.05, 0.1) is 0 Å². The summed E-state index contributed by atoms with van der Waals surface area (Å²) in [5.41, 5.74) is 0. The van der Waals surface area contributed by atoms with Gasteiger partial charge in [-0.1, -0.05) is 20.8 Å². The third-order valence-electron chi connectivity index (χ3n) is 3.20. The molecule has 17 heavy (non-hydrogen) atoms. The van der Waals surface area contributed by atoms with Crippen LogP contribution < -0.4 is 5.32 Å². The maximum atomic E-state index is 4.47. The molecule has 0 saturated heterocycles. The second-order valence-electron chi connectivity index (χ2n) is 5.20. The second kappa shape index (κ2) is 7.49. The molecule has 1 N–H and O–H groups in total. The van der Waals surface area contributed by atoms with Crippen molar-refractivity contribution in [3.05, 3.63) is 18.2 Å². The Hall–Kier alpha value is -0.830. The summed E-state index contributed by atoms with van der Waals surface area (Å²) in [6.07, 6.45) is 8.72. The van der Waals surface area contributed by atoms with Gasteiger partial charge in [-0.15, -0.1) is 0 Å². The third kappa shape index (κ3) is 4.90. The molecule has 0 amide bonds. The summed E-state index contributed by atoms with van der Waals surface area (Å²) in [5.74, 6) is 2.00. The standard InChI is InChI=1S/C14H27N3/c1-5-9-17-10-8-16-14(17)11-13(15-4)7-6-12(2)3/h8,10,12-13,15H,5-7,9,11H2,1-4H3. The molecule has 1 heterocycles. The van der Waals surface area contributed by atoms with Gasteiger partial charge in [0.25, 0.3) is 0 Å². The Balaban J connectivity index is 2.51. The van der Waals surface area contributed by atoms with Gasteiger partial charge in [0.2, 0.25) is 0 Å². The lowest BCUT2D eigenvalue weighted by atomic mass is 10.0. The number of hydrogen-bond donors (Lipinski definition) is 1. The molecular weight excluding hydrogens is 210 g/mol. The number of likely N-dealkylation sites (N-methyl/N-ethyl adjacent to an activating group) is 1. The first-order valence-corrected chi connectivity index (χ1v) is 6.84. The van der Waals surface area contributed by atoms with E-state index in [1.807, 2.05) is 6.20 Å². The molecule has 1 rings (SSSR count). The van der Waals surface area contributed by atoms with Crippen molar-refractivity contribution in [3.8, 4) is 0 Å². The van der Waals surface area contributed by atoms with Crippen molar-refractivity contribution in [3.63, 3.8) is 0 Å². The zero-order valence-electron chi connectivity index (χ0n) is 11.7. The second-order valence-corrected chi connectivity index (χ2v) is 5.20. The smallest absolute Gasteiger partial charge is 0.110 e. The van der Waals surface area contributed by atoms with Gasteiger partial charge in [-0.25, -0.2) is 4.98 Å². The van der Waals surface area contributed by atoms with Gasteiger partial charge in [-0.05, 0) is 32.2 Å². The molecular formula is C14H27N3. The highest BCUT2D eigenvalue weighted by atomic mass is 15.1. The Morgan fingerprint density at radius 2 is 2.12 bits per heavy atom. The van der Waals surface area contributed by atoms with E-state index in [1.165, 1.54) is 25.1 Å². The molecule has 0 spiro atoms. The van der Waals surface area contributed by atoms with Crippen LogP contribution in [0.5, 0.6) is 0 Å². The molecule has 0 aromatic carbocycles. The Morgan fingerprint density at radius 3 is 2.71 bits per heavy atom. The summed E-state index contributed by atoms with van der Waals surface area (Å²) >= 11 is 0. The van der Waals surface area contributed by atoms with Crippen molar-refractivity contribution in [2.75, 3.05) is 7.05 Å². The topological polar surface area (TPSA) is 29.9 Å². The monoisotopic (exact) mass is 237 g/mol. The summed E-state index contributed by atoms with van der Waals surface area (Å²) in [6.45, 7) is 7.85. The molecule has 0 bridgehead atoms. The van der Waals surface area contributed by atoms with E-state index in [-0.39, 0.29) is 0 Å². The minimum absolute atomic E-state index is 0.551. The lowest BCUT2D eigenvalue weighted by Gasteiger charge is -2.17. The first kappa shape index (κ1) is 14.2. The van der Waals surface area contributed by atoms with E-state index >= 15 is 0 Å². The minimum Gasteiger partial charge on any atom is -0.335 e. The largest absolute Gasteiger partial charge is 0.335 e. The Kier molecular flexibility index (Phi) is 6.27. The molecule has 0 aliphatic carbocycles. The highest BCUT2D eigenvalue weighted by Gasteiger charge is 2.11. The summed E-state index contributed by atoms with van der Waals surface area (Å²) in [4.78, 5) is 4.47. The lowest BCUT2D eigenvalue weighted by molar-refractivity contribution is 0.438. The van der Waals surface area contributed by atoms with Gasteiger partial charge in [0.15, 0.2) is 0 Å². The van der Waals surface area contributed by atoms with Crippen LogP contribution in [0.4, 0.5) is 0 Å². The molecule has 0 saturated carbocycles. The molecule has 0 radical (unpaired) electrons. The van der Waals surface area contributed by atoms with Crippen LogP contribution >= 0.6 is 0 Å². The normalized spacial score (nSPS) is 13.2. The number of aryl methyl sites for hydroxylation is 1. The number of hydrogen-bond acceptors (Lipinski definition) is 2. The summed E-state index contributed by atoms with van der Waals surface area (Å²) in [6, 6.07) is 0.551. The fraction of sp³-hybridized carbons (Fsp3) is 0.786. The maximum absolute atomic E-state index is 4.47. The van der Waals surface area contributed by atoms with Crippen LogP contribution in [-0.2, 0) is 13.0 Å². The summed E-state index contributed by atoms with van der Waals surface area (Å²) < 4.78 is 2.28. The summed E-state index contributed by atoms with van der Waals surface area (Å²) in [5, 5.41) is 3.41. The quantitative estimate of drug-likeness (QED) is 0.753. The fourth-order valence-electron chi connectivity index (χ4n) is 2.08. The first-order valence-electron chi connectivity index (χ1n) is 6.84. The zero-order valence-corrected chi connectivity index (χ0v) is 11.7. The maximum Gasteiger partial charge on any atom is 0.110 e. The van der Waals surface area contributed by atoms with E-state index < -0.39 is 0 Å². The highest BCUT2D eigenvalue weighted by molar-refractivity contribution is 4.95. The van der Waals surface area contributed by atoms with Crippen molar-refractivity contribution in [1.82, 2.24) is 14.9 Å². The van der Waals surface area contributed by atoms with Gasteiger partial charge in [-0.3, -0.25) is 0 Å². The molecule has 0 fully saturated rings. The number of aromatic nitrogens is 2. The molecule has 0 aliphatic rings. The Morgan fingerprint density at radius 1 is 1.35 bits per heavy atom. The van der Waals surface area contributed by atoms with Crippen molar-refractivity contribution in [2.45, 2.75) is 59.0 Å². The molecule has 0 aliphatic heterocycles. The van der Waals surface area contributed by atoms with Crippen molar-refractivity contribution >= 4 is 0 Å². The predicted molar refractivity (Wildman–Crippen MR) is 73.1 cm³/mol. The highest BCUT2D eigenvalue weighted by Crippen LogP contribution is 2.11. The van der Waals surface area contributed by atoms with E-state index in [9.17, 15) is 0 Å². The van der Waals surface area contributed by atoms with Gasteiger partial charge >= 0.3 is 0 Å². The van der Waals surface area contributed by atoms with Crippen LogP contribution in [-0.4, -0.2) is 22.6 Å². The number of nitrogens with zero attached hydrogens (tertiary/aromatic N) is 2. The van der Waals surface area contributed by atoms with Crippen molar-refractivity contribution in [2.24, 2.45) is 5.92 Å². The van der Waals surface area contributed by atoms with Crippen molar-refractivity contribution in [1.29, 1.82) is 0 Å². The molecule has 3 nitrogen and oxygen atoms in total.